The molecule has 2 fully saturated rings. The molecule has 20 heavy (non-hydrogen) atoms. The Hall–Kier alpha value is 0.160. The van der Waals surface area contributed by atoms with Crippen LogP contribution < -0.4 is 0 Å². The maximum Gasteiger partial charge on any atom is 0.311 e. The van der Waals surface area contributed by atoms with Crippen molar-refractivity contribution >= 4 is 28.6 Å². The van der Waals surface area contributed by atoms with Crippen molar-refractivity contribution in [2.24, 2.45) is 11.3 Å². The summed E-state index contributed by atoms with van der Waals surface area (Å²) in [5, 5.41) is 0. The van der Waals surface area contributed by atoms with Gasteiger partial charge in [-0.05, 0) is 64.5 Å². The number of carbonyl (C=O) groups excluding carboxylic acids is 1. The van der Waals surface area contributed by atoms with Crippen LogP contribution in [0.25, 0.3) is 0 Å². The van der Waals surface area contributed by atoms with Crippen molar-refractivity contribution < 1.29 is 9.53 Å². The number of hydrogen-bond acceptors (Lipinski definition) is 3. The molecule has 2 aliphatic heterocycles. The summed E-state index contributed by atoms with van der Waals surface area (Å²) in [6.07, 6.45) is 6.44. The molecule has 2 unspecified atom stereocenters. The van der Waals surface area contributed by atoms with Gasteiger partial charge in [0, 0.05) is 12.0 Å². The molecule has 4 heteroatoms. The summed E-state index contributed by atoms with van der Waals surface area (Å²) in [6.45, 7) is 8.87. The SMILES string of the molecule is CC(C)(C)C(=O)OCC1CCCN2CCCCC12.CI. The molecule has 2 rings (SSSR count). The van der Waals surface area contributed by atoms with E-state index in [1.807, 2.05) is 25.7 Å². The Kier molecular flexibility index (Phi) is 7.80. The van der Waals surface area contributed by atoms with Crippen LogP contribution in [0.1, 0.15) is 52.9 Å². The molecule has 0 aliphatic carbocycles. The average Bonchev–Trinajstić information content (AvgIpc) is 2.45. The average molecular weight is 395 g/mol. The highest BCUT2D eigenvalue weighted by atomic mass is 127. The third-order valence-corrected chi connectivity index (χ3v) is 4.27. The minimum absolute atomic E-state index is 0.0598. The predicted molar refractivity (Wildman–Crippen MR) is 92.3 cm³/mol. The van der Waals surface area contributed by atoms with Crippen molar-refractivity contribution in [1.82, 2.24) is 4.90 Å². The van der Waals surface area contributed by atoms with Gasteiger partial charge < -0.3 is 4.74 Å². The molecule has 0 aromatic heterocycles. The summed E-state index contributed by atoms with van der Waals surface area (Å²) in [6, 6.07) is 0.667. The smallest absolute Gasteiger partial charge is 0.311 e. The number of halogens is 1. The molecule has 2 aliphatic rings. The largest absolute Gasteiger partial charge is 0.465 e. The van der Waals surface area contributed by atoms with E-state index in [9.17, 15) is 4.79 Å². The van der Waals surface area contributed by atoms with Gasteiger partial charge in [0.25, 0.3) is 0 Å². The number of ether oxygens (including phenoxy) is 1. The van der Waals surface area contributed by atoms with Crippen molar-refractivity contribution in [2.75, 3.05) is 24.6 Å². The Morgan fingerprint density at radius 3 is 2.45 bits per heavy atom. The first-order chi connectivity index (χ1) is 9.48. The highest BCUT2D eigenvalue weighted by molar-refractivity contribution is 14.1. The van der Waals surface area contributed by atoms with Gasteiger partial charge >= 0.3 is 5.97 Å². The highest BCUT2D eigenvalue weighted by Gasteiger charge is 2.34. The van der Waals surface area contributed by atoms with Crippen molar-refractivity contribution in [3.05, 3.63) is 0 Å². The van der Waals surface area contributed by atoms with Gasteiger partial charge in [-0.3, -0.25) is 9.69 Å². The van der Waals surface area contributed by atoms with Crippen LogP contribution in [0, 0.1) is 11.3 Å². The molecule has 0 radical (unpaired) electrons. The molecule has 118 valence electrons. The van der Waals surface area contributed by atoms with Gasteiger partial charge in [0.1, 0.15) is 0 Å². The normalized spacial score (nSPS) is 27.1. The van der Waals surface area contributed by atoms with Gasteiger partial charge in [0.05, 0.1) is 12.0 Å². The van der Waals surface area contributed by atoms with E-state index in [-0.39, 0.29) is 11.4 Å². The van der Waals surface area contributed by atoms with Crippen LogP contribution in [0.2, 0.25) is 0 Å². The second kappa shape index (κ2) is 8.57. The molecule has 0 saturated carbocycles. The van der Waals surface area contributed by atoms with Crippen molar-refractivity contribution in [3.63, 3.8) is 0 Å². The van der Waals surface area contributed by atoms with Gasteiger partial charge in [-0.15, -0.1) is 0 Å². The van der Waals surface area contributed by atoms with Crippen molar-refractivity contribution in [2.45, 2.75) is 58.9 Å². The van der Waals surface area contributed by atoms with E-state index in [0.29, 0.717) is 18.6 Å². The van der Waals surface area contributed by atoms with E-state index in [2.05, 4.69) is 27.5 Å². The van der Waals surface area contributed by atoms with Crippen LogP contribution in [-0.4, -0.2) is 41.5 Å². The first-order valence-corrected chi connectivity index (χ1v) is 9.93. The van der Waals surface area contributed by atoms with E-state index in [1.54, 1.807) is 0 Å². The van der Waals surface area contributed by atoms with Gasteiger partial charge in [-0.2, -0.15) is 0 Å². The molecule has 2 atom stereocenters. The fourth-order valence-corrected chi connectivity index (χ4v) is 3.17. The fourth-order valence-electron chi connectivity index (χ4n) is 3.17. The molecule has 0 N–H and O–H groups in total. The summed E-state index contributed by atoms with van der Waals surface area (Å²) >= 11 is 2.15. The second-order valence-electron chi connectivity index (χ2n) is 6.85. The van der Waals surface area contributed by atoms with Crippen molar-refractivity contribution in [1.29, 1.82) is 0 Å². The van der Waals surface area contributed by atoms with Crippen LogP contribution in [0.3, 0.4) is 0 Å². The standard InChI is InChI=1S/C15H27NO2.CH3I/c1-15(2,3)14(17)18-11-12-7-6-10-16-9-5-4-8-13(12)16;1-2/h12-13H,4-11H2,1-3H3;1H3. The van der Waals surface area contributed by atoms with Crippen LogP contribution in [0.4, 0.5) is 0 Å². The molecule has 0 amide bonds. The van der Waals surface area contributed by atoms with E-state index in [1.165, 1.54) is 45.2 Å². The Balaban J connectivity index is 0.000000956. The van der Waals surface area contributed by atoms with Gasteiger partial charge in [-0.1, -0.05) is 29.0 Å². The maximum absolute atomic E-state index is 11.8. The number of rotatable bonds is 2. The fraction of sp³-hybridized carbons (Fsp3) is 0.938. The monoisotopic (exact) mass is 395 g/mol. The molecule has 0 aromatic carbocycles. The zero-order chi connectivity index (χ0) is 15.2. The summed E-state index contributed by atoms with van der Waals surface area (Å²) in [5.41, 5.74) is -0.374. The lowest BCUT2D eigenvalue weighted by atomic mass is 9.84. The summed E-state index contributed by atoms with van der Waals surface area (Å²) in [7, 11) is 0. The summed E-state index contributed by atoms with van der Waals surface area (Å²) < 4.78 is 5.53. The highest BCUT2D eigenvalue weighted by Crippen LogP contribution is 2.31. The number of alkyl halides is 1. The quantitative estimate of drug-likeness (QED) is 0.404. The molecule has 0 bridgehead atoms. The van der Waals surface area contributed by atoms with Gasteiger partial charge in [0.15, 0.2) is 0 Å². The van der Waals surface area contributed by atoms with Gasteiger partial charge in [0.2, 0.25) is 0 Å². The number of piperidine rings is 2. The molecule has 2 saturated heterocycles. The number of carbonyl (C=O) groups is 1. The van der Waals surface area contributed by atoms with Crippen molar-refractivity contribution in [3.8, 4) is 0 Å². The number of esters is 1. The van der Waals surface area contributed by atoms with E-state index < -0.39 is 0 Å². The Morgan fingerprint density at radius 1 is 1.15 bits per heavy atom. The zero-order valence-corrected chi connectivity index (χ0v) is 15.6. The van der Waals surface area contributed by atoms with E-state index in [4.69, 9.17) is 4.74 Å². The molecule has 2 heterocycles. The maximum atomic E-state index is 11.8. The van der Waals surface area contributed by atoms with Crippen LogP contribution in [-0.2, 0) is 9.53 Å². The van der Waals surface area contributed by atoms with Gasteiger partial charge in [-0.25, -0.2) is 0 Å². The minimum atomic E-state index is -0.374. The lowest BCUT2D eigenvalue weighted by Gasteiger charge is -2.44. The van der Waals surface area contributed by atoms with E-state index in [0.717, 1.165) is 0 Å². The summed E-state index contributed by atoms with van der Waals surface area (Å²) in [4.78, 5) is 16.4. The Labute approximate surface area is 138 Å². The Bertz CT molecular complexity index is 299. The van der Waals surface area contributed by atoms with Crippen LogP contribution >= 0.6 is 22.6 Å². The zero-order valence-electron chi connectivity index (χ0n) is 13.5. The second-order valence-corrected chi connectivity index (χ2v) is 6.85. The number of nitrogens with zero attached hydrogens (tertiary/aromatic N) is 1. The molecular formula is C16H30INO2. The van der Waals surface area contributed by atoms with Crippen LogP contribution in [0.15, 0.2) is 0 Å². The molecule has 3 nitrogen and oxygen atoms in total. The first-order valence-electron chi connectivity index (χ1n) is 7.77. The minimum Gasteiger partial charge on any atom is -0.465 e. The number of hydrogen-bond donors (Lipinski definition) is 0. The molecular weight excluding hydrogens is 365 g/mol. The first kappa shape index (κ1) is 18.2. The number of fused-ring (bicyclic) bond motifs is 1. The van der Waals surface area contributed by atoms with Crippen LogP contribution in [0.5, 0.6) is 0 Å². The third kappa shape index (κ3) is 5.17. The molecule has 0 spiro atoms. The Morgan fingerprint density at radius 2 is 1.80 bits per heavy atom. The predicted octanol–water partition coefficient (Wildman–Crippen LogP) is 3.89. The summed E-state index contributed by atoms with van der Waals surface area (Å²) in [5.74, 6) is 0.501. The van der Waals surface area contributed by atoms with E-state index >= 15 is 0 Å². The lowest BCUT2D eigenvalue weighted by molar-refractivity contribution is -0.155. The topological polar surface area (TPSA) is 29.5 Å². The third-order valence-electron chi connectivity index (χ3n) is 4.27. The molecule has 0 aromatic rings. The lowest BCUT2D eigenvalue weighted by Crippen LogP contribution is -2.49.